The van der Waals surface area contributed by atoms with E-state index in [0.717, 1.165) is 32.0 Å². The first-order valence-corrected chi connectivity index (χ1v) is 8.50. The second-order valence-electron chi connectivity index (χ2n) is 7.55. The third kappa shape index (κ3) is 4.82. The second kappa shape index (κ2) is 7.42. The highest BCUT2D eigenvalue weighted by Crippen LogP contribution is 2.40. The molecular formula is C19H32N2. The fraction of sp³-hybridized carbons (Fsp3) is 0.684. The van der Waals surface area contributed by atoms with Crippen LogP contribution in [0.5, 0.6) is 0 Å². The predicted molar refractivity (Wildman–Crippen MR) is 91.1 cm³/mol. The lowest BCUT2D eigenvalue weighted by Gasteiger charge is -2.44. The molecule has 2 atom stereocenters. The maximum absolute atomic E-state index is 5.75. The van der Waals surface area contributed by atoms with Gasteiger partial charge in [-0.15, -0.1) is 0 Å². The summed E-state index contributed by atoms with van der Waals surface area (Å²) in [5, 5.41) is 0. The molecule has 2 heteroatoms. The Kier molecular flexibility index (Phi) is 5.83. The van der Waals surface area contributed by atoms with Crippen LogP contribution in [0.1, 0.15) is 52.0 Å². The lowest BCUT2D eigenvalue weighted by Crippen LogP contribution is -2.45. The van der Waals surface area contributed by atoms with Gasteiger partial charge in [0.05, 0.1) is 0 Å². The molecule has 0 spiro atoms. The average Bonchev–Trinajstić information content (AvgIpc) is 2.44. The molecule has 0 amide bonds. The third-order valence-electron chi connectivity index (χ3n) is 5.00. The second-order valence-corrected chi connectivity index (χ2v) is 7.55. The molecule has 0 heterocycles. The maximum Gasteiger partial charge on any atom is 0.0236 e. The molecule has 2 N–H and O–H groups in total. The molecule has 21 heavy (non-hydrogen) atoms. The van der Waals surface area contributed by atoms with Crippen LogP contribution in [0.15, 0.2) is 30.3 Å². The van der Waals surface area contributed by atoms with Crippen molar-refractivity contribution in [3.05, 3.63) is 35.9 Å². The van der Waals surface area contributed by atoms with Gasteiger partial charge in [0.25, 0.3) is 0 Å². The summed E-state index contributed by atoms with van der Waals surface area (Å²) in [7, 11) is 0. The van der Waals surface area contributed by atoms with Crippen LogP contribution in [0.3, 0.4) is 0 Å². The van der Waals surface area contributed by atoms with Gasteiger partial charge in [-0.1, -0.05) is 51.1 Å². The van der Waals surface area contributed by atoms with Crippen LogP contribution >= 0.6 is 0 Å². The Labute approximate surface area is 130 Å². The van der Waals surface area contributed by atoms with Gasteiger partial charge >= 0.3 is 0 Å². The molecular weight excluding hydrogens is 256 g/mol. The topological polar surface area (TPSA) is 29.3 Å². The van der Waals surface area contributed by atoms with E-state index in [0.29, 0.717) is 11.5 Å². The van der Waals surface area contributed by atoms with Gasteiger partial charge in [-0.05, 0) is 55.7 Å². The predicted octanol–water partition coefficient (Wildman–Crippen LogP) is 4.05. The Balaban J connectivity index is 2.05. The Morgan fingerprint density at radius 1 is 1.24 bits per heavy atom. The highest BCUT2D eigenvalue weighted by atomic mass is 15.2. The van der Waals surface area contributed by atoms with Crippen molar-refractivity contribution >= 4 is 0 Å². The van der Waals surface area contributed by atoms with Gasteiger partial charge in [-0.25, -0.2) is 0 Å². The summed E-state index contributed by atoms with van der Waals surface area (Å²) in [6, 6.07) is 11.6. The summed E-state index contributed by atoms with van der Waals surface area (Å²) >= 11 is 0. The Morgan fingerprint density at radius 3 is 2.57 bits per heavy atom. The van der Waals surface area contributed by atoms with Gasteiger partial charge in [-0.3, -0.25) is 4.90 Å². The summed E-state index contributed by atoms with van der Waals surface area (Å²) in [6.07, 6.45) is 5.10. The molecule has 0 radical (unpaired) electrons. The highest BCUT2D eigenvalue weighted by molar-refractivity contribution is 5.14. The molecule has 118 valence electrons. The lowest BCUT2D eigenvalue weighted by atomic mass is 9.70. The number of hydrogen-bond donors (Lipinski definition) is 1. The number of rotatable bonds is 6. The molecule has 0 saturated heterocycles. The molecule has 1 aliphatic rings. The minimum Gasteiger partial charge on any atom is -0.330 e. The number of nitrogens with zero attached hydrogens (tertiary/aromatic N) is 1. The molecule has 1 aliphatic carbocycles. The van der Waals surface area contributed by atoms with Crippen molar-refractivity contribution in [2.24, 2.45) is 17.1 Å². The standard InChI is InChI=1S/C19H32N2/c1-16-14-19(2,3)11-10-18(16)21(13-7-12-20)15-17-8-5-4-6-9-17/h4-6,8-9,16,18H,7,10-15,20H2,1-3H3. The zero-order valence-corrected chi connectivity index (χ0v) is 14.0. The van der Waals surface area contributed by atoms with Crippen molar-refractivity contribution in [3.63, 3.8) is 0 Å². The van der Waals surface area contributed by atoms with Crippen molar-refractivity contribution in [1.82, 2.24) is 4.90 Å². The lowest BCUT2D eigenvalue weighted by molar-refractivity contribution is 0.0546. The molecule has 0 bridgehead atoms. The van der Waals surface area contributed by atoms with E-state index in [9.17, 15) is 0 Å². The first kappa shape index (κ1) is 16.5. The summed E-state index contributed by atoms with van der Waals surface area (Å²) in [5.74, 6) is 0.773. The minimum atomic E-state index is 0.516. The van der Waals surface area contributed by atoms with E-state index >= 15 is 0 Å². The Hall–Kier alpha value is -0.860. The fourth-order valence-corrected chi connectivity index (χ4v) is 3.95. The molecule has 1 fully saturated rings. The summed E-state index contributed by atoms with van der Waals surface area (Å²) in [5.41, 5.74) is 7.69. The number of nitrogens with two attached hydrogens (primary N) is 1. The zero-order valence-electron chi connectivity index (χ0n) is 14.0. The van der Waals surface area contributed by atoms with E-state index < -0.39 is 0 Å². The van der Waals surface area contributed by atoms with Crippen LogP contribution in [0.4, 0.5) is 0 Å². The van der Waals surface area contributed by atoms with E-state index in [1.165, 1.54) is 24.8 Å². The van der Waals surface area contributed by atoms with Crippen molar-refractivity contribution in [3.8, 4) is 0 Å². The third-order valence-corrected chi connectivity index (χ3v) is 5.00. The van der Waals surface area contributed by atoms with Gasteiger partial charge in [0.2, 0.25) is 0 Å². The van der Waals surface area contributed by atoms with Gasteiger partial charge in [-0.2, -0.15) is 0 Å². The van der Waals surface area contributed by atoms with Gasteiger partial charge < -0.3 is 5.73 Å². The Bertz CT molecular complexity index is 413. The monoisotopic (exact) mass is 288 g/mol. The van der Waals surface area contributed by atoms with Crippen LogP contribution in [-0.4, -0.2) is 24.0 Å². The average molecular weight is 288 g/mol. The van der Waals surface area contributed by atoms with E-state index in [-0.39, 0.29) is 0 Å². The molecule has 2 rings (SSSR count). The van der Waals surface area contributed by atoms with Crippen LogP contribution < -0.4 is 5.73 Å². The number of benzene rings is 1. The first-order chi connectivity index (χ1) is 10.0. The fourth-order valence-electron chi connectivity index (χ4n) is 3.95. The summed E-state index contributed by atoms with van der Waals surface area (Å²) in [4.78, 5) is 2.68. The molecule has 1 aromatic rings. The Morgan fingerprint density at radius 2 is 1.95 bits per heavy atom. The highest BCUT2D eigenvalue weighted by Gasteiger charge is 2.35. The van der Waals surface area contributed by atoms with Crippen molar-refractivity contribution in [2.45, 2.75) is 59.0 Å². The van der Waals surface area contributed by atoms with E-state index in [2.05, 4.69) is 56.0 Å². The van der Waals surface area contributed by atoms with Crippen molar-refractivity contribution in [1.29, 1.82) is 0 Å². The molecule has 1 saturated carbocycles. The maximum atomic E-state index is 5.75. The quantitative estimate of drug-likeness (QED) is 0.855. The van der Waals surface area contributed by atoms with E-state index in [4.69, 9.17) is 5.73 Å². The summed E-state index contributed by atoms with van der Waals surface area (Å²) in [6.45, 7) is 10.3. The van der Waals surface area contributed by atoms with Gasteiger partial charge in [0, 0.05) is 12.6 Å². The van der Waals surface area contributed by atoms with Crippen LogP contribution in [0.25, 0.3) is 0 Å². The zero-order chi connectivity index (χ0) is 15.3. The molecule has 1 aromatic carbocycles. The number of hydrogen-bond acceptors (Lipinski definition) is 2. The van der Waals surface area contributed by atoms with E-state index in [1.807, 2.05) is 0 Å². The summed E-state index contributed by atoms with van der Waals surface area (Å²) < 4.78 is 0. The SMILES string of the molecule is CC1CC(C)(C)CCC1N(CCCN)Cc1ccccc1. The van der Waals surface area contributed by atoms with Crippen molar-refractivity contribution in [2.75, 3.05) is 13.1 Å². The van der Waals surface area contributed by atoms with E-state index in [1.54, 1.807) is 0 Å². The first-order valence-electron chi connectivity index (χ1n) is 8.50. The molecule has 2 unspecified atom stereocenters. The van der Waals surface area contributed by atoms with Crippen molar-refractivity contribution < 1.29 is 0 Å². The normalized spacial score (nSPS) is 25.2. The molecule has 2 nitrogen and oxygen atoms in total. The van der Waals surface area contributed by atoms with Crippen LogP contribution in [-0.2, 0) is 6.54 Å². The smallest absolute Gasteiger partial charge is 0.0236 e. The van der Waals surface area contributed by atoms with Gasteiger partial charge in [0.1, 0.15) is 0 Å². The van der Waals surface area contributed by atoms with Gasteiger partial charge in [0.15, 0.2) is 0 Å². The van der Waals surface area contributed by atoms with Crippen LogP contribution in [0.2, 0.25) is 0 Å². The molecule has 0 aliphatic heterocycles. The van der Waals surface area contributed by atoms with Crippen LogP contribution in [0, 0.1) is 11.3 Å². The molecule has 0 aromatic heterocycles. The largest absolute Gasteiger partial charge is 0.330 e. The minimum absolute atomic E-state index is 0.516.